The van der Waals surface area contributed by atoms with E-state index in [2.05, 4.69) is 5.16 Å². The zero-order valence-corrected chi connectivity index (χ0v) is 12.3. The van der Waals surface area contributed by atoms with Gasteiger partial charge in [0.05, 0.1) is 6.21 Å². The minimum Gasteiger partial charge on any atom is -0.488 e. The normalized spacial score (nSPS) is 10.6. The lowest BCUT2D eigenvalue weighted by atomic mass is 10.2. The molecule has 110 valence electrons. The summed E-state index contributed by atoms with van der Waals surface area (Å²) in [7, 11) is 0. The largest absolute Gasteiger partial charge is 0.488 e. The standard InChI is InChI=1S/C17H19NO3/c1-3-20-18-12-13-19-15-8-10-17(11-9-15)21-16-6-4-14(2)5-7-16/h4-12H,3,13H2,1-2H3/b18-12+. The van der Waals surface area contributed by atoms with Gasteiger partial charge in [-0.15, -0.1) is 0 Å². The van der Waals surface area contributed by atoms with Gasteiger partial charge in [0.15, 0.2) is 0 Å². The van der Waals surface area contributed by atoms with Crippen LogP contribution in [0.1, 0.15) is 12.5 Å². The molecule has 0 spiro atoms. The van der Waals surface area contributed by atoms with Gasteiger partial charge in [0, 0.05) is 0 Å². The third-order valence-electron chi connectivity index (χ3n) is 2.68. The van der Waals surface area contributed by atoms with E-state index >= 15 is 0 Å². The predicted octanol–water partition coefficient (Wildman–Crippen LogP) is 4.19. The lowest BCUT2D eigenvalue weighted by Gasteiger charge is -2.07. The summed E-state index contributed by atoms with van der Waals surface area (Å²) in [5.74, 6) is 2.35. The molecule has 2 rings (SSSR count). The molecule has 0 bridgehead atoms. The van der Waals surface area contributed by atoms with Crippen molar-refractivity contribution in [3.8, 4) is 17.2 Å². The van der Waals surface area contributed by atoms with E-state index in [0.29, 0.717) is 13.2 Å². The molecule has 0 aromatic heterocycles. The second-order valence-electron chi connectivity index (χ2n) is 4.40. The van der Waals surface area contributed by atoms with E-state index in [1.807, 2.05) is 62.4 Å². The van der Waals surface area contributed by atoms with Crippen LogP contribution in [0.2, 0.25) is 0 Å². The summed E-state index contributed by atoms with van der Waals surface area (Å²) in [6, 6.07) is 15.4. The van der Waals surface area contributed by atoms with E-state index in [1.54, 1.807) is 6.21 Å². The van der Waals surface area contributed by atoms with E-state index in [9.17, 15) is 0 Å². The number of hydrogen-bond donors (Lipinski definition) is 0. The molecule has 0 atom stereocenters. The molecule has 0 aliphatic heterocycles. The Hall–Kier alpha value is -2.49. The third-order valence-corrected chi connectivity index (χ3v) is 2.68. The Kier molecular flexibility index (Phi) is 5.64. The van der Waals surface area contributed by atoms with E-state index in [4.69, 9.17) is 14.3 Å². The van der Waals surface area contributed by atoms with Gasteiger partial charge in [-0.05, 0) is 50.2 Å². The van der Waals surface area contributed by atoms with Crippen LogP contribution in [0.15, 0.2) is 53.7 Å². The van der Waals surface area contributed by atoms with Gasteiger partial charge in [0.2, 0.25) is 0 Å². The number of rotatable bonds is 7. The number of ether oxygens (including phenoxy) is 2. The Morgan fingerprint density at radius 1 is 0.905 bits per heavy atom. The van der Waals surface area contributed by atoms with Crippen molar-refractivity contribution in [3.63, 3.8) is 0 Å². The highest BCUT2D eigenvalue weighted by molar-refractivity contribution is 5.58. The van der Waals surface area contributed by atoms with Crippen LogP contribution in [0.5, 0.6) is 17.2 Å². The fraction of sp³-hybridized carbons (Fsp3) is 0.235. The zero-order valence-electron chi connectivity index (χ0n) is 12.3. The van der Waals surface area contributed by atoms with Crippen LogP contribution in [0, 0.1) is 6.92 Å². The Bertz CT molecular complexity index is 562. The smallest absolute Gasteiger partial charge is 0.127 e. The molecule has 0 fully saturated rings. The quantitative estimate of drug-likeness (QED) is 0.565. The van der Waals surface area contributed by atoms with Crippen LogP contribution in [-0.2, 0) is 4.84 Å². The average molecular weight is 285 g/mol. The molecule has 0 aliphatic rings. The summed E-state index contributed by atoms with van der Waals surface area (Å²) < 4.78 is 11.2. The first-order valence-electron chi connectivity index (χ1n) is 6.89. The second kappa shape index (κ2) is 7.94. The molecule has 2 aromatic rings. The average Bonchev–Trinajstić information content (AvgIpc) is 2.51. The summed E-state index contributed by atoms with van der Waals surface area (Å²) in [6.07, 6.45) is 1.58. The predicted molar refractivity (Wildman–Crippen MR) is 83.3 cm³/mol. The fourth-order valence-corrected chi connectivity index (χ4v) is 1.64. The molecular weight excluding hydrogens is 266 g/mol. The highest BCUT2D eigenvalue weighted by Gasteiger charge is 1.98. The van der Waals surface area contributed by atoms with E-state index in [-0.39, 0.29) is 0 Å². The van der Waals surface area contributed by atoms with Crippen LogP contribution < -0.4 is 9.47 Å². The zero-order chi connectivity index (χ0) is 14.9. The van der Waals surface area contributed by atoms with Crippen LogP contribution in [0.3, 0.4) is 0 Å². The summed E-state index contributed by atoms with van der Waals surface area (Å²) in [6.45, 7) is 4.86. The van der Waals surface area contributed by atoms with Gasteiger partial charge in [-0.1, -0.05) is 22.9 Å². The second-order valence-corrected chi connectivity index (χ2v) is 4.40. The van der Waals surface area contributed by atoms with Crippen LogP contribution >= 0.6 is 0 Å². The number of oxime groups is 1. The Balaban J connectivity index is 1.85. The molecule has 0 saturated carbocycles. The first-order valence-corrected chi connectivity index (χ1v) is 6.89. The van der Waals surface area contributed by atoms with Gasteiger partial charge in [-0.3, -0.25) is 0 Å². The lowest BCUT2D eigenvalue weighted by molar-refractivity contribution is 0.158. The van der Waals surface area contributed by atoms with Gasteiger partial charge in [0.1, 0.15) is 30.5 Å². The maximum Gasteiger partial charge on any atom is 0.127 e. The number of nitrogens with zero attached hydrogens (tertiary/aromatic N) is 1. The highest BCUT2D eigenvalue weighted by Crippen LogP contribution is 2.23. The molecule has 0 aliphatic carbocycles. The molecule has 0 radical (unpaired) electrons. The van der Waals surface area contributed by atoms with Crippen molar-refractivity contribution in [2.75, 3.05) is 13.2 Å². The van der Waals surface area contributed by atoms with Crippen molar-refractivity contribution in [2.45, 2.75) is 13.8 Å². The molecule has 2 aromatic carbocycles. The molecular formula is C17H19NO3. The van der Waals surface area contributed by atoms with Gasteiger partial charge >= 0.3 is 0 Å². The highest BCUT2D eigenvalue weighted by atomic mass is 16.6. The maximum atomic E-state index is 5.74. The van der Waals surface area contributed by atoms with Gasteiger partial charge in [0.25, 0.3) is 0 Å². The van der Waals surface area contributed by atoms with E-state index in [0.717, 1.165) is 17.2 Å². The summed E-state index contributed by atoms with van der Waals surface area (Å²) >= 11 is 0. The van der Waals surface area contributed by atoms with E-state index < -0.39 is 0 Å². The fourth-order valence-electron chi connectivity index (χ4n) is 1.64. The maximum absolute atomic E-state index is 5.74. The molecule has 0 heterocycles. The summed E-state index contributed by atoms with van der Waals surface area (Å²) in [4.78, 5) is 4.83. The Morgan fingerprint density at radius 3 is 2.10 bits per heavy atom. The minimum absolute atomic E-state index is 0.373. The lowest BCUT2D eigenvalue weighted by Crippen LogP contribution is -1.98. The number of benzene rings is 2. The van der Waals surface area contributed by atoms with Crippen molar-refractivity contribution in [1.82, 2.24) is 0 Å². The first-order chi connectivity index (χ1) is 10.3. The van der Waals surface area contributed by atoms with Crippen molar-refractivity contribution in [3.05, 3.63) is 54.1 Å². The third kappa shape index (κ3) is 5.18. The van der Waals surface area contributed by atoms with Gasteiger partial charge < -0.3 is 14.3 Å². The van der Waals surface area contributed by atoms with Crippen LogP contribution in [0.25, 0.3) is 0 Å². The van der Waals surface area contributed by atoms with Crippen molar-refractivity contribution in [1.29, 1.82) is 0 Å². The van der Waals surface area contributed by atoms with Gasteiger partial charge in [-0.25, -0.2) is 0 Å². The van der Waals surface area contributed by atoms with Crippen LogP contribution in [0.4, 0.5) is 0 Å². The monoisotopic (exact) mass is 285 g/mol. The summed E-state index contributed by atoms with van der Waals surface area (Å²) in [5.41, 5.74) is 1.21. The first kappa shape index (κ1) is 14.9. The number of hydrogen-bond acceptors (Lipinski definition) is 4. The molecule has 4 nitrogen and oxygen atoms in total. The van der Waals surface area contributed by atoms with Crippen molar-refractivity contribution < 1.29 is 14.3 Å². The van der Waals surface area contributed by atoms with Crippen molar-refractivity contribution in [2.24, 2.45) is 5.16 Å². The Labute approximate surface area is 125 Å². The van der Waals surface area contributed by atoms with Crippen LogP contribution in [-0.4, -0.2) is 19.4 Å². The molecule has 0 unspecified atom stereocenters. The molecule has 0 saturated heterocycles. The molecule has 21 heavy (non-hydrogen) atoms. The molecule has 0 N–H and O–H groups in total. The SMILES string of the molecule is CCO/N=C/COc1ccc(Oc2ccc(C)cc2)cc1. The molecule has 0 amide bonds. The Morgan fingerprint density at radius 2 is 1.48 bits per heavy atom. The van der Waals surface area contributed by atoms with E-state index in [1.165, 1.54) is 5.56 Å². The topological polar surface area (TPSA) is 40.0 Å². The number of aryl methyl sites for hydroxylation is 1. The van der Waals surface area contributed by atoms with Gasteiger partial charge in [-0.2, -0.15) is 0 Å². The minimum atomic E-state index is 0.373. The molecule has 4 heteroatoms. The van der Waals surface area contributed by atoms with Crippen molar-refractivity contribution >= 4 is 6.21 Å². The summed E-state index contributed by atoms with van der Waals surface area (Å²) in [5, 5.41) is 3.71.